The Labute approximate surface area is 275 Å². The van der Waals surface area contributed by atoms with Crippen LogP contribution in [-0.4, -0.2) is 109 Å². The Morgan fingerprint density at radius 1 is 0.481 bits per heavy atom. The van der Waals surface area contributed by atoms with Gasteiger partial charge in [-0.25, -0.2) is 0 Å². The first-order valence-electron chi connectivity index (χ1n) is 13.4. The van der Waals surface area contributed by atoms with Crippen molar-refractivity contribution in [2.75, 3.05) is 26.2 Å². The summed E-state index contributed by atoms with van der Waals surface area (Å²) in [6, 6.07) is 0. The zero-order valence-corrected chi connectivity index (χ0v) is 25.4. The molecule has 28 heteroatoms. The summed E-state index contributed by atoms with van der Waals surface area (Å²) in [5, 5.41) is 3.25. The molecular formula is C24H23F22N3O3. The molecule has 0 radical (unpaired) electrons. The van der Waals surface area contributed by atoms with Gasteiger partial charge in [-0.15, -0.1) is 0 Å². The summed E-state index contributed by atoms with van der Waals surface area (Å²) >= 11 is 0. The molecule has 0 spiro atoms. The lowest BCUT2D eigenvalue weighted by molar-refractivity contribution is -0.422. The van der Waals surface area contributed by atoms with Crippen molar-refractivity contribution in [2.45, 2.75) is 92.3 Å². The van der Waals surface area contributed by atoms with Gasteiger partial charge < -0.3 is 15.5 Å². The highest BCUT2D eigenvalue weighted by molar-refractivity contribution is 5.92. The summed E-state index contributed by atoms with van der Waals surface area (Å²) in [4.78, 5) is 36.3. The van der Waals surface area contributed by atoms with Crippen LogP contribution in [-0.2, 0) is 14.4 Å². The van der Waals surface area contributed by atoms with E-state index in [4.69, 9.17) is 0 Å². The summed E-state index contributed by atoms with van der Waals surface area (Å²) in [6.07, 6.45) is -24.1. The second-order valence-corrected chi connectivity index (χ2v) is 10.6. The number of rotatable bonds is 19. The minimum atomic E-state index is -7.72. The van der Waals surface area contributed by atoms with Crippen molar-refractivity contribution in [3.8, 4) is 0 Å². The van der Waals surface area contributed by atoms with E-state index in [9.17, 15) is 111 Å². The molecule has 306 valence electrons. The fraction of sp³-hybridized carbons (Fsp3) is 0.792. The molecule has 0 unspecified atom stereocenters. The number of halogens is 22. The van der Waals surface area contributed by atoms with Gasteiger partial charge in [0.2, 0.25) is 17.7 Å². The van der Waals surface area contributed by atoms with Gasteiger partial charge >= 0.3 is 59.7 Å². The molecule has 3 amide bonds. The fourth-order valence-electron chi connectivity index (χ4n) is 3.49. The topological polar surface area (TPSA) is 78.5 Å². The third-order valence-corrected chi connectivity index (χ3v) is 6.60. The normalized spacial score (nSPS) is 14.6. The first-order chi connectivity index (χ1) is 22.7. The van der Waals surface area contributed by atoms with Crippen molar-refractivity contribution in [3.63, 3.8) is 0 Å². The summed E-state index contributed by atoms with van der Waals surface area (Å²) in [6.45, 7) is 0.834. The Balaban J connectivity index is 5.36. The van der Waals surface area contributed by atoms with E-state index in [2.05, 4.69) is 6.58 Å². The van der Waals surface area contributed by atoms with Crippen LogP contribution in [0.15, 0.2) is 12.2 Å². The van der Waals surface area contributed by atoms with Crippen LogP contribution in [0.1, 0.15) is 32.6 Å². The van der Waals surface area contributed by atoms with Gasteiger partial charge in [0.1, 0.15) is 0 Å². The molecular weight excluding hydrogens is 796 g/mol. The van der Waals surface area contributed by atoms with Gasteiger partial charge in [-0.1, -0.05) is 6.58 Å². The first-order valence-corrected chi connectivity index (χ1v) is 13.4. The Bertz CT molecular complexity index is 1210. The number of nitrogens with one attached hydrogen (secondary N) is 2. The van der Waals surface area contributed by atoms with E-state index in [1.54, 1.807) is 10.6 Å². The summed E-state index contributed by atoms with van der Waals surface area (Å²) < 4.78 is 287. The number of amides is 3. The van der Waals surface area contributed by atoms with Crippen LogP contribution in [0.4, 0.5) is 96.6 Å². The second-order valence-electron chi connectivity index (χ2n) is 10.6. The van der Waals surface area contributed by atoms with Gasteiger partial charge in [0.15, 0.2) is 0 Å². The van der Waals surface area contributed by atoms with Crippen LogP contribution in [0.25, 0.3) is 0 Å². The molecule has 0 rings (SSSR count). The van der Waals surface area contributed by atoms with Crippen molar-refractivity contribution >= 4 is 17.7 Å². The molecule has 0 aromatic rings. The highest BCUT2D eigenvalue weighted by Crippen LogP contribution is 2.59. The van der Waals surface area contributed by atoms with Crippen LogP contribution in [0.2, 0.25) is 0 Å². The second kappa shape index (κ2) is 15.5. The molecule has 0 saturated heterocycles. The van der Waals surface area contributed by atoms with E-state index in [1.165, 1.54) is 0 Å². The fourth-order valence-corrected chi connectivity index (χ4v) is 3.49. The highest BCUT2D eigenvalue weighted by atomic mass is 19.4. The molecule has 0 fully saturated rings. The number of nitrogens with zero attached hydrogens (tertiary/aromatic N) is 1. The lowest BCUT2D eigenvalue weighted by atomic mass is 9.95. The zero-order chi connectivity index (χ0) is 42.0. The van der Waals surface area contributed by atoms with Crippen LogP contribution < -0.4 is 10.6 Å². The summed E-state index contributed by atoms with van der Waals surface area (Å²) in [7, 11) is 0. The van der Waals surface area contributed by atoms with E-state index in [-0.39, 0.29) is 5.57 Å². The minimum absolute atomic E-state index is 0.352. The standard InChI is InChI=1S/C24H23F22N3O3/c1-11(2)14(52)49(9-7-47-12(50)3-5-15(25,26)17(29,30)19(33,34)21(37,38)23(41,42)43)10-8-48-13(51)4-6-16(27,28)18(31,32)20(35,36)22(39,40)24(44,45)46/h1,3-10H2,2H3,(H,47,50)(H,48,51). The van der Waals surface area contributed by atoms with Crippen molar-refractivity contribution < 1.29 is 111 Å². The molecule has 0 aromatic heterocycles. The molecule has 0 aromatic carbocycles. The maximum atomic E-state index is 13.8. The number of carbonyl (C=O) groups is 3. The van der Waals surface area contributed by atoms with Crippen LogP contribution in [0, 0.1) is 0 Å². The predicted molar refractivity (Wildman–Crippen MR) is 128 cm³/mol. The van der Waals surface area contributed by atoms with Gasteiger partial charge in [0.25, 0.3) is 0 Å². The molecule has 0 aliphatic rings. The third-order valence-electron chi connectivity index (χ3n) is 6.60. The molecule has 6 nitrogen and oxygen atoms in total. The number of hydrogen-bond donors (Lipinski definition) is 2. The Hall–Kier alpha value is -3.39. The minimum Gasteiger partial charge on any atom is -0.354 e. The predicted octanol–water partition coefficient (Wildman–Crippen LogP) is 7.39. The van der Waals surface area contributed by atoms with Crippen molar-refractivity contribution in [3.05, 3.63) is 12.2 Å². The smallest absolute Gasteiger partial charge is 0.354 e. The third kappa shape index (κ3) is 9.58. The average Bonchev–Trinajstić information content (AvgIpc) is 2.96. The lowest BCUT2D eigenvalue weighted by Crippen LogP contribution is -2.66. The molecule has 0 bridgehead atoms. The van der Waals surface area contributed by atoms with Crippen molar-refractivity contribution in [1.29, 1.82) is 0 Å². The van der Waals surface area contributed by atoms with Gasteiger partial charge in [-0.05, 0) is 6.92 Å². The molecule has 0 saturated carbocycles. The number of hydrogen-bond acceptors (Lipinski definition) is 3. The van der Waals surface area contributed by atoms with Crippen molar-refractivity contribution in [2.24, 2.45) is 0 Å². The largest absolute Gasteiger partial charge is 0.460 e. The molecule has 0 atom stereocenters. The van der Waals surface area contributed by atoms with Crippen molar-refractivity contribution in [1.82, 2.24) is 15.5 Å². The maximum Gasteiger partial charge on any atom is 0.460 e. The van der Waals surface area contributed by atoms with Gasteiger partial charge in [-0.2, -0.15) is 96.6 Å². The summed E-state index contributed by atoms with van der Waals surface area (Å²) in [5.41, 5.74) is -0.352. The number of carbonyl (C=O) groups excluding carboxylic acids is 3. The van der Waals surface area contributed by atoms with E-state index < -0.39 is 129 Å². The maximum absolute atomic E-state index is 13.8. The zero-order valence-electron chi connectivity index (χ0n) is 25.4. The first kappa shape index (κ1) is 48.6. The molecule has 0 aliphatic heterocycles. The van der Waals surface area contributed by atoms with Crippen LogP contribution in [0.3, 0.4) is 0 Å². The summed E-state index contributed by atoms with van der Waals surface area (Å²) in [5.74, 6) is -62.9. The van der Waals surface area contributed by atoms with E-state index >= 15 is 0 Å². The molecule has 0 heterocycles. The average molecular weight is 819 g/mol. The van der Waals surface area contributed by atoms with Gasteiger partial charge in [0.05, 0.1) is 0 Å². The van der Waals surface area contributed by atoms with Crippen LogP contribution in [0.5, 0.6) is 0 Å². The Kier molecular flexibility index (Phi) is 14.5. The SMILES string of the molecule is C=C(C)C(=O)N(CCNC(=O)CCC(F)(F)C(F)(F)C(F)(F)C(F)(F)C(F)(F)F)CCNC(=O)CCC(F)(F)C(F)(F)C(F)(F)C(F)(F)C(F)(F)F. The molecule has 0 aliphatic carbocycles. The Morgan fingerprint density at radius 3 is 0.981 bits per heavy atom. The van der Waals surface area contributed by atoms with E-state index in [0.29, 0.717) is 4.90 Å². The number of alkyl halides is 22. The monoisotopic (exact) mass is 819 g/mol. The van der Waals surface area contributed by atoms with Gasteiger partial charge in [-0.3, -0.25) is 14.4 Å². The van der Waals surface area contributed by atoms with E-state index in [0.717, 1.165) is 6.92 Å². The Morgan fingerprint density at radius 2 is 0.750 bits per heavy atom. The molecule has 52 heavy (non-hydrogen) atoms. The highest BCUT2D eigenvalue weighted by Gasteiger charge is 2.88. The van der Waals surface area contributed by atoms with E-state index in [1.807, 2.05) is 0 Å². The quantitative estimate of drug-likeness (QED) is 0.106. The molecule has 2 N–H and O–H groups in total. The van der Waals surface area contributed by atoms with Gasteiger partial charge in [0, 0.05) is 57.4 Å². The lowest BCUT2D eigenvalue weighted by Gasteiger charge is -2.37. The van der Waals surface area contributed by atoms with Crippen LogP contribution >= 0.6 is 0 Å².